The normalized spacial score (nSPS) is 11.8. The number of nitrogens with zero attached hydrogens (tertiary/aromatic N) is 1. The highest BCUT2D eigenvalue weighted by molar-refractivity contribution is 9.10. The molecule has 0 fully saturated rings. The highest BCUT2D eigenvalue weighted by Crippen LogP contribution is 2.29. The molecule has 2 aromatic carbocycles. The first-order valence-electron chi connectivity index (χ1n) is 10.4. The van der Waals surface area contributed by atoms with Gasteiger partial charge in [0, 0.05) is 13.1 Å². The number of ether oxygens (including phenoxy) is 1. The van der Waals surface area contributed by atoms with Gasteiger partial charge in [-0.05, 0) is 65.4 Å². The molecule has 0 aliphatic heterocycles. The summed E-state index contributed by atoms with van der Waals surface area (Å²) in [7, 11) is 0. The summed E-state index contributed by atoms with van der Waals surface area (Å²) in [5.74, 6) is 0.635. The molecular formula is C24H31BrN2O3. The second kappa shape index (κ2) is 11.7. The first-order chi connectivity index (χ1) is 14.3. The summed E-state index contributed by atoms with van der Waals surface area (Å²) in [5, 5.41) is 2.80. The highest BCUT2D eigenvalue weighted by atomic mass is 79.9. The second-order valence-corrected chi connectivity index (χ2v) is 8.38. The number of carbonyl (C=O) groups excluding carboxylic acids is 2. The van der Waals surface area contributed by atoms with Crippen LogP contribution in [0.4, 0.5) is 0 Å². The van der Waals surface area contributed by atoms with Gasteiger partial charge in [0.1, 0.15) is 11.8 Å². The molecule has 0 radical (unpaired) electrons. The fraction of sp³-hybridized carbons (Fsp3) is 0.417. The van der Waals surface area contributed by atoms with E-state index in [0.29, 0.717) is 31.2 Å². The second-order valence-electron chi connectivity index (χ2n) is 7.53. The van der Waals surface area contributed by atoms with Crippen molar-refractivity contribution in [2.24, 2.45) is 0 Å². The third kappa shape index (κ3) is 6.87. The van der Waals surface area contributed by atoms with Crippen LogP contribution in [0.5, 0.6) is 5.75 Å². The lowest BCUT2D eigenvalue weighted by Gasteiger charge is -2.28. The zero-order valence-electron chi connectivity index (χ0n) is 18.2. The fourth-order valence-electron chi connectivity index (χ4n) is 3.11. The Labute approximate surface area is 187 Å². The fourth-order valence-corrected chi connectivity index (χ4v) is 3.62. The van der Waals surface area contributed by atoms with Crippen molar-refractivity contribution in [3.05, 3.63) is 64.1 Å². The van der Waals surface area contributed by atoms with Crippen LogP contribution < -0.4 is 10.1 Å². The number of nitrogens with one attached hydrogen (secondary N) is 1. The zero-order chi connectivity index (χ0) is 22.1. The molecule has 0 aromatic heterocycles. The molecule has 5 nitrogen and oxygen atoms in total. The molecule has 0 heterocycles. The summed E-state index contributed by atoms with van der Waals surface area (Å²) in [5.41, 5.74) is 2.31. The largest absolute Gasteiger partial charge is 0.483 e. The maximum Gasteiger partial charge on any atom is 0.261 e. The van der Waals surface area contributed by atoms with E-state index in [9.17, 15) is 9.59 Å². The van der Waals surface area contributed by atoms with Crippen molar-refractivity contribution >= 4 is 27.7 Å². The molecule has 2 amide bonds. The minimum atomic E-state index is -0.573. The van der Waals surface area contributed by atoms with Crippen molar-refractivity contribution in [1.29, 1.82) is 0 Å². The number of rotatable bonds is 10. The van der Waals surface area contributed by atoms with Crippen LogP contribution in [0.2, 0.25) is 0 Å². The van der Waals surface area contributed by atoms with Crippen molar-refractivity contribution in [1.82, 2.24) is 10.2 Å². The first-order valence-corrected chi connectivity index (χ1v) is 11.2. The molecule has 0 aliphatic carbocycles. The molecule has 0 spiro atoms. The smallest absolute Gasteiger partial charge is 0.261 e. The molecule has 0 bridgehead atoms. The van der Waals surface area contributed by atoms with Gasteiger partial charge < -0.3 is 15.0 Å². The van der Waals surface area contributed by atoms with Crippen molar-refractivity contribution in [3.63, 3.8) is 0 Å². The molecule has 0 unspecified atom stereocenters. The predicted octanol–water partition coefficient (Wildman–Crippen LogP) is 4.55. The molecular weight excluding hydrogens is 444 g/mol. The van der Waals surface area contributed by atoms with Gasteiger partial charge in [0.15, 0.2) is 6.61 Å². The summed E-state index contributed by atoms with van der Waals surface area (Å²) in [6.45, 7) is 8.70. The average Bonchev–Trinajstić information content (AvgIpc) is 2.73. The van der Waals surface area contributed by atoms with Crippen molar-refractivity contribution in [2.75, 3.05) is 19.7 Å². The van der Waals surface area contributed by atoms with Gasteiger partial charge in [-0.3, -0.25) is 9.59 Å². The van der Waals surface area contributed by atoms with E-state index in [4.69, 9.17) is 4.74 Å². The quantitative estimate of drug-likeness (QED) is 0.549. The number of hydrogen-bond donors (Lipinski definition) is 1. The maximum atomic E-state index is 13.0. The standard InChI is InChI=1S/C24H31BrN2O3/c1-5-26-24(29)18(4)27(14-13-19-9-7-6-8-10-19)23(28)16-30-22-12-11-20(17(2)3)15-21(22)25/h6-12,15,17-18H,5,13-14,16H2,1-4H3,(H,26,29)/t18-/m0/s1. The lowest BCUT2D eigenvalue weighted by atomic mass is 10.0. The summed E-state index contributed by atoms with van der Waals surface area (Å²) >= 11 is 3.52. The molecule has 2 rings (SSSR count). The molecule has 0 aliphatic rings. The molecule has 1 atom stereocenters. The Morgan fingerprint density at radius 3 is 2.40 bits per heavy atom. The van der Waals surface area contributed by atoms with Gasteiger partial charge in [0.2, 0.25) is 5.91 Å². The minimum absolute atomic E-state index is 0.127. The van der Waals surface area contributed by atoms with Crippen LogP contribution in [0.25, 0.3) is 0 Å². The summed E-state index contributed by atoms with van der Waals surface area (Å²) in [4.78, 5) is 26.9. The Balaban J connectivity index is 2.08. The van der Waals surface area contributed by atoms with Gasteiger partial charge in [0.05, 0.1) is 4.47 Å². The number of carbonyl (C=O) groups is 2. The van der Waals surface area contributed by atoms with Crippen LogP contribution in [0.1, 0.15) is 44.7 Å². The topological polar surface area (TPSA) is 58.6 Å². The number of hydrogen-bond acceptors (Lipinski definition) is 3. The third-order valence-corrected chi connectivity index (χ3v) is 5.60. The van der Waals surface area contributed by atoms with Crippen molar-refractivity contribution in [3.8, 4) is 5.75 Å². The van der Waals surface area contributed by atoms with E-state index in [1.54, 1.807) is 11.8 Å². The Morgan fingerprint density at radius 1 is 1.10 bits per heavy atom. The monoisotopic (exact) mass is 474 g/mol. The van der Waals surface area contributed by atoms with Gasteiger partial charge >= 0.3 is 0 Å². The Kier molecular flexibility index (Phi) is 9.37. The van der Waals surface area contributed by atoms with Crippen LogP contribution in [-0.4, -0.2) is 42.5 Å². The average molecular weight is 475 g/mol. The minimum Gasteiger partial charge on any atom is -0.483 e. The van der Waals surface area contributed by atoms with E-state index >= 15 is 0 Å². The molecule has 0 saturated heterocycles. The number of amides is 2. The van der Waals surface area contributed by atoms with Crippen LogP contribution in [0.15, 0.2) is 53.0 Å². The van der Waals surface area contributed by atoms with Crippen LogP contribution in [0.3, 0.4) is 0 Å². The SMILES string of the molecule is CCNC(=O)[C@H](C)N(CCc1ccccc1)C(=O)COc1ccc(C(C)C)cc1Br. The lowest BCUT2D eigenvalue weighted by Crippen LogP contribution is -2.50. The van der Waals surface area contributed by atoms with Crippen LogP contribution in [0, 0.1) is 0 Å². The summed E-state index contributed by atoms with van der Waals surface area (Å²) in [6.07, 6.45) is 0.670. The van der Waals surface area contributed by atoms with Crippen molar-refractivity contribution < 1.29 is 14.3 Å². The van der Waals surface area contributed by atoms with Gasteiger partial charge in [-0.25, -0.2) is 0 Å². The molecule has 6 heteroatoms. The van der Waals surface area contributed by atoms with Gasteiger partial charge in [-0.2, -0.15) is 0 Å². The Morgan fingerprint density at radius 2 is 1.80 bits per heavy atom. The lowest BCUT2D eigenvalue weighted by molar-refractivity contribution is -0.141. The molecule has 162 valence electrons. The maximum absolute atomic E-state index is 13.0. The first kappa shape index (κ1) is 23.9. The van der Waals surface area contributed by atoms with E-state index in [1.165, 1.54) is 5.56 Å². The van der Waals surface area contributed by atoms with Crippen LogP contribution in [-0.2, 0) is 16.0 Å². The number of likely N-dealkylation sites (N-methyl/N-ethyl adjacent to an activating group) is 1. The molecule has 2 aromatic rings. The van der Waals surface area contributed by atoms with Gasteiger partial charge in [0.25, 0.3) is 5.91 Å². The molecule has 1 N–H and O–H groups in total. The van der Waals surface area contributed by atoms with E-state index in [0.717, 1.165) is 10.0 Å². The number of halogens is 1. The summed E-state index contributed by atoms with van der Waals surface area (Å²) < 4.78 is 6.60. The molecule has 30 heavy (non-hydrogen) atoms. The molecule has 0 saturated carbocycles. The van der Waals surface area contributed by atoms with E-state index in [1.807, 2.05) is 55.5 Å². The van der Waals surface area contributed by atoms with E-state index in [2.05, 4.69) is 35.1 Å². The van der Waals surface area contributed by atoms with Crippen LogP contribution >= 0.6 is 15.9 Å². The third-order valence-electron chi connectivity index (χ3n) is 4.98. The van der Waals surface area contributed by atoms with Gasteiger partial charge in [-0.15, -0.1) is 0 Å². The van der Waals surface area contributed by atoms with Crippen molar-refractivity contribution in [2.45, 2.75) is 46.1 Å². The highest BCUT2D eigenvalue weighted by Gasteiger charge is 2.26. The zero-order valence-corrected chi connectivity index (χ0v) is 19.7. The van der Waals surface area contributed by atoms with E-state index in [-0.39, 0.29) is 18.4 Å². The van der Waals surface area contributed by atoms with Gasteiger partial charge in [-0.1, -0.05) is 50.2 Å². The Bertz CT molecular complexity index is 840. The Hall–Kier alpha value is -2.34. The summed E-state index contributed by atoms with van der Waals surface area (Å²) in [6, 6.07) is 15.2. The number of benzene rings is 2. The predicted molar refractivity (Wildman–Crippen MR) is 124 cm³/mol. The van der Waals surface area contributed by atoms with E-state index < -0.39 is 6.04 Å².